The molecule has 3 saturated heterocycles. The van der Waals surface area contributed by atoms with Crippen LogP contribution in [0, 0.1) is 11.8 Å². The summed E-state index contributed by atoms with van der Waals surface area (Å²) in [6, 6.07) is 10.8. The van der Waals surface area contributed by atoms with Crippen LogP contribution in [0.15, 0.2) is 30.3 Å². The second kappa shape index (κ2) is 9.66. The van der Waals surface area contributed by atoms with Crippen LogP contribution in [0.2, 0.25) is 0 Å². The minimum atomic E-state index is -0.425. The van der Waals surface area contributed by atoms with Gasteiger partial charge in [0.2, 0.25) is 0 Å². The van der Waals surface area contributed by atoms with Gasteiger partial charge in [0.15, 0.2) is 6.29 Å². The van der Waals surface area contributed by atoms with Crippen LogP contribution in [-0.2, 0) is 15.9 Å². The normalized spacial score (nSPS) is 36.2. The average Bonchev–Trinajstić information content (AvgIpc) is 3.21. The number of ether oxygens (including phenoxy) is 2. The first-order valence-electron chi connectivity index (χ1n) is 12.2. The van der Waals surface area contributed by atoms with E-state index >= 15 is 0 Å². The molecule has 1 saturated carbocycles. The summed E-state index contributed by atoms with van der Waals surface area (Å²) < 4.78 is 12.2. The van der Waals surface area contributed by atoms with Crippen LogP contribution in [0.5, 0.6) is 0 Å². The van der Waals surface area contributed by atoms with E-state index in [1.807, 2.05) is 0 Å². The Morgan fingerprint density at radius 3 is 2.50 bits per heavy atom. The van der Waals surface area contributed by atoms with Gasteiger partial charge in [-0.05, 0) is 69.1 Å². The zero-order valence-corrected chi connectivity index (χ0v) is 18.1. The zero-order chi connectivity index (χ0) is 20.3. The lowest BCUT2D eigenvalue weighted by atomic mass is 9.86. The van der Waals surface area contributed by atoms with Crippen molar-refractivity contribution < 1.29 is 14.6 Å². The van der Waals surface area contributed by atoms with Gasteiger partial charge in [-0.1, -0.05) is 49.6 Å². The van der Waals surface area contributed by atoms with Crippen LogP contribution in [0.4, 0.5) is 0 Å². The molecule has 4 aliphatic rings. The minimum Gasteiger partial charge on any atom is -0.390 e. The van der Waals surface area contributed by atoms with Gasteiger partial charge >= 0.3 is 0 Å². The topological polar surface area (TPSA) is 54.0 Å². The van der Waals surface area contributed by atoms with Crippen molar-refractivity contribution in [1.29, 1.82) is 0 Å². The highest BCUT2D eigenvalue weighted by Gasteiger charge is 2.52. The third-order valence-electron chi connectivity index (χ3n) is 7.94. The molecule has 0 aromatic heterocycles. The van der Waals surface area contributed by atoms with Gasteiger partial charge in [-0.3, -0.25) is 4.90 Å². The smallest absolute Gasteiger partial charge is 0.176 e. The number of aliphatic hydroxyl groups is 1. The van der Waals surface area contributed by atoms with E-state index in [9.17, 15) is 5.11 Å². The molecule has 2 bridgehead atoms. The molecule has 5 rings (SSSR count). The van der Waals surface area contributed by atoms with Crippen molar-refractivity contribution in [3.63, 3.8) is 0 Å². The maximum Gasteiger partial charge on any atom is 0.176 e. The summed E-state index contributed by atoms with van der Waals surface area (Å²) in [7, 11) is 0. The van der Waals surface area contributed by atoms with E-state index in [2.05, 4.69) is 40.5 Å². The van der Waals surface area contributed by atoms with Gasteiger partial charge in [0, 0.05) is 0 Å². The molecule has 5 heteroatoms. The molecule has 0 unspecified atom stereocenters. The highest BCUT2D eigenvalue weighted by molar-refractivity contribution is 5.15. The first-order valence-corrected chi connectivity index (χ1v) is 12.2. The summed E-state index contributed by atoms with van der Waals surface area (Å²) in [6.45, 7) is 3.63. The second-order valence-electron chi connectivity index (χ2n) is 9.96. The molecule has 4 fully saturated rings. The van der Waals surface area contributed by atoms with Gasteiger partial charge < -0.3 is 19.9 Å². The predicted octanol–water partition coefficient (Wildman–Crippen LogP) is 2.96. The highest BCUT2D eigenvalue weighted by atomic mass is 16.7. The van der Waals surface area contributed by atoms with Crippen LogP contribution >= 0.6 is 0 Å². The van der Waals surface area contributed by atoms with Crippen molar-refractivity contribution >= 4 is 0 Å². The summed E-state index contributed by atoms with van der Waals surface area (Å²) >= 11 is 0. The molecule has 0 radical (unpaired) electrons. The Kier molecular flexibility index (Phi) is 6.73. The quantitative estimate of drug-likeness (QED) is 0.750. The number of benzene rings is 1. The molecule has 0 amide bonds. The minimum absolute atomic E-state index is 0.0135. The number of likely N-dealkylation sites (tertiary alicyclic amines) is 1. The van der Waals surface area contributed by atoms with Crippen molar-refractivity contribution in [2.75, 3.05) is 26.2 Å². The van der Waals surface area contributed by atoms with Crippen LogP contribution in [0.25, 0.3) is 0 Å². The number of rotatable bonds is 6. The van der Waals surface area contributed by atoms with Crippen molar-refractivity contribution in [2.45, 2.75) is 81.9 Å². The molecule has 3 heterocycles. The number of nitrogens with zero attached hydrogens (tertiary/aromatic N) is 1. The lowest BCUT2D eigenvalue weighted by Gasteiger charge is -2.46. The molecule has 3 aliphatic heterocycles. The molecular formula is C25H38N2O3. The predicted molar refractivity (Wildman–Crippen MR) is 117 cm³/mol. The fourth-order valence-corrected chi connectivity index (χ4v) is 6.14. The van der Waals surface area contributed by atoms with Crippen LogP contribution in [-0.4, -0.2) is 66.8 Å². The first kappa shape index (κ1) is 20.9. The lowest BCUT2D eigenvalue weighted by Crippen LogP contribution is -2.65. The molecule has 1 aliphatic carbocycles. The molecular weight excluding hydrogens is 376 g/mol. The summed E-state index contributed by atoms with van der Waals surface area (Å²) in [5.41, 5.74) is 1.44. The van der Waals surface area contributed by atoms with E-state index in [4.69, 9.17) is 9.47 Å². The van der Waals surface area contributed by atoms with Crippen molar-refractivity contribution in [3.8, 4) is 0 Å². The van der Waals surface area contributed by atoms with Gasteiger partial charge in [0.25, 0.3) is 0 Å². The summed E-state index contributed by atoms with van der Waals surface area (Å²) in [4.78, 5) is 2.44. The van der Waals surface area contributed by atoms with Gasteiger partial charge in [-0.25, -0.2) is 0 Å². The van der Waals surface area contributed by atoms with Crippen LogP contribution in [0.3, 0.4) is 0 Å². The van der Waals surface area contributed by atoms with Gasteiger partial charge in [-0.15, -0.1) is 0 Å². The van der Waals surface area contributed by atoms with Gasteiger partial charge in [0.1, 0.15) is 6.10 Å². The number of nitrogens with one attached hydrogen (secondary N) is 1. The number of fused-ring (bicyclic) bond motifs is 2. The Labute approximate surface area is 181 Å². The Morgan fingerprint density at radius 1 is 0.967 bits per heavy atom. The van der Waals surface area contributed by atoms with E-state index < -0.39 is 6.10 Å². The number of hydrogen-bond donors (Lipinski definition) is 2. The van der Waals surface area contributed by atoms with Crippen LogP contribution in [0.1, 0.15) is 50.5 Å². The SMILES string of the molecule is O[C@H]1[C@H](NCC2CCCCC2)[C@H]2CO[C@H](O2)[C@@H]1N1CCC(Cc2ccccc2)CC1. The number of piperidine rings is 1. The Balaban J connectivity index is 1.17. The van der Waals surface area contributed by atoms with E-state index in [0.29, 0.717) is 6.61 Å². The zero-order valence-electron chi connectivity index (χ0n) is 18.1. The molecule has 1 aromatic carbocycles. The summed E-state index contributed by atoms with van der Waals surface area (Å²) in [5.74, 6) is 1.47. The lowest BCUT2D eigenvalue weighted by molar-refractivity contribution is -0.186. The van der Waals surface area contributed by atoms with Gasteiger partial charge in [0.05, 0.1) is 24.8 Å². The third-order valence-corrected chi connectivity index (χ3v) is 7.94. The molecule has 0 spiro atoms. The summed E-state index contributed by atoms with van der Waals surface area (Å²) in [6.07, 6.45) is 9.52. The maximum atomic E-state index is 11.3. The monoisotopic (exact) mass is 414 g/mol. The number of hydrogen-bond acceptors (Lipinski definition) is 5. The fraction of sp³-hybridized carbons (Fsp3) is 0.760. The fourth-order valence-electron chi connectivity index (χ4n) is 6.14. The van der Waals surface area contributed by atoms with Crippen molar-refractivity contribution in [3.05, 3.63) is 35.9 Å². The average molecular weight is 415 g/mol. The van der Waals surface area contributed by atoms with Crippen molar-refractivity contribution in [1.82, 2.24) is 10.2 Å². The Bertz CT molecular complexity index is 658. The highest BCUT2D eigenvalue weighted by Crippen LogP contribution is 2.34. The molecule has 2 N–H and O–H groups in total. The van der Waals surface area contributed by atoms with E-state index in [-0.39, 0.29) is 24.5 Å². The largest absolute Gasteiger partial charge is 0.390 e. The van der Waals surface area contributed by atoms with Crippen LogP contribution < -0.4 is 5.32 Å². The van der Waals surface area contributed by atoms with Crippen molar-refractivity contribution in [2.24, 2.45) is 11.8 Å². The maximum absolute atomic E-state index is 11.3. The number of aliphatic hydroxyl groups excluding tert-OH is 1. The first-order chi connectivity index (χ1) is 14.8. The van der Waals surface area contributed by atoms with E-state index in [1.54, 1.807) is 0 Å². The molecule has 5 atom stereocenters. The molecule has 5 nitrogen and oxygen atoms in total. The van der Waals surface area contributed by atoms with Gasteiger partial charge in [-0.2, -0.15) is 0 Å². The summed E-state index contributed by atoms with van der Waals surface area (Å²) in [5, 5.41) is 15.0. The van der Waals surface area contributed by atoms with E-state index in [0.717, 1.165) is 37.9 Å². The van der Waals surface area contributed by atoms with E-state index in [1.165, 1.54) is 50.5 Å². The molecule has 166 valence electrons. The third kappa shape index (κ3) is 4.61. The molecule has 1 aromatic rings. The second-order valence-corrected chi connectivity index (χ2v) is 9.96. The Hall–Kier alpha value is -0.980. The Morgan fingerprint density at radius 2 is 1.73 bits per heavy atom. The molecule has 30 heavy (non-hydrogen) atoms. The standard InChI is InChI=1S/C25H38N2O3/c28-24-22(26-16-20-9-5-2-6-10-20)21-17-29-25(30-21)23(24)27-13-11-19(12-14-27)15-18-7-3-1-4-8-18/h1,3-4,7-8,19-26,28H,2,5-6,9-17H2/t21-,22-,23-,24+,25-/m1/s1.